The van der Waals surface area contributed by atoms with Gasteiger partial charge in [0.15, 0.2) is 0 Å². The molecule has 2 aromatic carbocycles. The van der Waals surface area contributed by atoms with Crippen LogP contribution in [-0.2, 0) is 60.6 Å². The van der Waals surface area contributed by atoms with Crippen LogP contribution in [0.2, 0.25) is 0 Å². The third-order valence-electron chi connectivity index (χ3n) is 8.89. The summed E-state index contributed by atoms with van der Waals surface area (Å²) in [6.45, 7) is 0. The van der Waals surface area contributed by atoms with E-state index in [9.17, 15) is 36.0 Å². The molecule has 0 atom stereocenters. The molecule has 0 unspecified atom stereocenters. The molecule has 2 saturated carbocycles. The van der Waals surface area contributed by atoms with Crippen LogP contribution in [0.15, 0.2) is 46.2 Å². The minimum atomic E-state index is -3.71. The zero-order chi connectivity index (χ0) is 35.9. The fourth-order valence-electron chi connectivity index (χ4n) is 6.15. The minimum Gasteiger partial charge on any atom is -0.469 e. The van der Waals surface area contributed by atoms with E-state index in [0.717, 1.165) is 25.7 Å². The normalized spacial score (nSPS) is 22.4. The van der Waals surface area contributed by atoms with E-state index in [4.69, 9.17) is 21.2 Å². The Morgan fingerprint density at radius 1 is 0.740 bits per heavy atom. The Balaban J connectivity index is 0.000000221. The molecule has 0 spiro atoms. The summed E-state index contributed by atoms with van der Waals surface area (Å²) < 4.78 is 59.1. The summed E-state index contributed by atoms with van der Waals surface area (Å²) in [5.74, 6) is -0.602. The van der Waals surface area contributed by atoms with Gasteiger partial charge in [0, 0.05) is 34.1 Å². The maximum absolute atomic E-state index is 12.5. The van der Waals surface area contributed by atoms with Gasteiger partial charge in [-0.15, -0.1) is 0 Å². The van der Waals surface area contributed by atoms with Crippen molar-refractivity contribution >= 4 is 64.9 Å². The smallest absolute Gasteiger partial charge is 0.308 e. The van der Waals surface area contributed by atoms with E-state index in [0.29, 0.717) is 54.2 Å². The molecular weight excluding hydrogens is 712 g/mol. The van der Waals surface area contributed by atoms with E-state index >= 15 is 0 Å². The molecule has 0 bridgehead atoms. The topological polar surface area (TPSA) is 217 Å². The van der Waals surface area contributed by atoms with Crippen molar-refractivity contribution in [3.05, 3.63) is 47.5 Å². The summed E-state index contributed by atoms with van der Waals surface area (Å²) in [7, 11) is 0.614. The van der Waals surface area contributed by atoms with Gasteiger partial charge in [0.25, 0.3) is 9.05 Å². The van der Waals surface area contributed by atoms with Gasteiger partial charge in [0.1, 0.15) is 0 Å². The highest BCUT2D eigenvalue weighted by atomic mass is 35.7. The molecule has 276 valence electrons. The number of nitrogens with two attached hydrogens (primary N) is 1. The van der Waals surface area contributed by atoms with Gasteiger partial charge in [0.05, 0.1) is 48.7 Å². The number of hydrogen-bond donors (Lipinski definition) is 4. The summed E-state index contributed by atoms with van der Waals surface area (Å²) >= 11 is 0. The average Bonchev–Trinajstić information content (AvgIpc) is 3.64. The second-order valence-corrected chi connectivity index (χ2v) is 16.6. The Morgan fingerprint density at radius 3 is 1.60 bits per heavy atom. The fourth-order valence-corrected chi connectivity index (χ4v) is 8.31. The van der Waals surface area contributed by atoms with E-state index < -0.39 is 19.1 Å². The molecule has 2 amide bonds. The summed E-state index contributed by atoms with van der Waals surface area (Å²) in [5.41, 5.74) is 8.36. The number of amides is 2. The van der Waals surface area contributed by atoms with Gasteiger partial charge in [-0.05, 0) is 98.9 Å². The predicted molar refractivity (Wildman–Crippen MR) is 187 cm³/mol. The Hall–Kier alpha value is -3.57. The number of anilines is 2. The van der Waals surface area contributed by atoms with Crippen LogP contribution < -0.4 is 21.1 Å². The standard InChI is InChI=1S/C16H20N2O5S.C8H6ClNO3S.C8H15NO2.CH4/c1-23-16(20)10-2-4-12(5-3-10)18-24(21,22)13-6-7-14-11(8-13)9-15(19)17-14;9-14(12,13)6-1-2-7-5(3-6)4-8(11)10-7;1-11-8(10)6-2-4-7(9)5-3-6;/h6-8,10,12,18H,2-5,9H2,1H3,(H,17,19);1-3H,4H2,(H,10,11);6-7H,2-5,9H2,1H3;1H4. The molecule has 6 rings (SSSR count). The van der Waals surface area contributed by atoms with Crippen molar-refractivity contribution in [2.75, 3.05) is 24.9 Å². The van der Waals surface area contributed by atoms with Crippen LogP contribution in [0.1, 0.15) is 69.9 Å². The van der Waals surface area contributed by atoms with Crippen molar-refractivity contribution in [1.29, 1.82) is 0 Å². The zero-order valence-electron chi connectivity index (χ0n) is 27.2. The van der Waals surface area contributed by atoms with Crippen LogP contribution in [0.25, 0.3) is 0 Å². The summed E-state index contributed by atoms with van der Waals surface area (Å²) in [6, 6.07) is 9.07. The highest BCUT2D eigenvalue weighted by Gasteiger charge is 2.30. The monoisotopic (exact) mass is 756 g/mol. The molecule has 5 N–H and O–H groups in total. The van der Waals surface area contributed by atoms with Gasteiger partial charge in [0.2, 0.25) is 21.8 Å². The zero-order valence-corrected chi connectivity index (χ0v) is 29.6. The molecule has 2 heterocycles. The highest BCUT2D eigenvalue weighted by molar-refractivity contribution is 8.13. The highest BCUT2D eigenvalue weighted by Crippen LogP contribution is 2.30. The Labute approximate surface area is 297 Å². The first-order valence-corrected chi connectivity index (χ1v) is 19.6. The summed E-state index contributed by atoms with van der Waals surface area (Å²) in [6.07, 6.45) is 6.54. The van der Waals surface area contributed by atoms with Crippen LogP contribution in [0.3, 0.4) is 0 Å². The lowest BCUT2D eigenvalue weighted by atomic mass is 9.86. The van der Waals surface area contributed by atoms with Crippen molar-refractivity contribution in [2.24, 2.45) is 17.6 Å². The van der Waals surface area contributed by atoms with Gasteiger partial charge < -0.3 is 25.8 Å². The van der Waals surface area contributed by atoms with Crippen molar-refractivity contribution < 1.29 is 45.5 Å². The lowest BCUT2D eigenvalue weighted by Crippen LogP contribution is -2.38. The number of carbonyl (C=O) groups is 4. The second-order valence-electron chi connectivity index (χ2n) is 12.4. The van der Waals surface area contributed by atoms with Gasteiger partial charge in [-0.3, -0.25) is 19.2 Å². The third kappa shape index (κ3) is 11.0. The largest absolute Gasteiger partial charge is 0.469 e. The molecule has 2 aliphatic heterocycles. The van der Waals surface area contributed by atoms with Gasteiger partial charge >= 0.3 is 11.9 Å². The van der Waals surface area contributed by atoms with Crippen LogP contribution in [-0.4, -0.2) is 66.9 Å². The van der Waals surface area contributed by atoms with E-state index in [1.165, 1.54) is 44.6 Å². The molecule has 2 aliphatic carbocycles. The van der Waals surface area contributed by atoms with Crippen molar-refractivity contribution in [1.82, 2.24) is 4.72 Å². The minimum absolute atomic E-state index is 0. The molecule has 17 heteroatoms. The SMILES string of the molecule is C.COC(=O)C1CCC(N)CC1.COC(=O)C1CCC(NS(=O)(=O)c2ccc3c(c2)CC(=O)N3)CC1.O=C1Cc2cc(S(=O)(=O)Cl)ccc2N1. The maximum atomic E-state index is 12.5. The van der Waals surface area contributed by atoms with E-state index in [-0.39, 0.29) is 71.7 Å². The van der Waals surface area contributed by atoms with Gasteiger partial charge in [-0.2, -0.15) is 0 Å². The van der Waals surface area contributed by atoms with Crippen LogP contribution in [0.5, 0.6) is 0 Å². The molecule has 2 fully saturated rings. The quantitative estimate of drug-likeness (QED) is 0.247. The molecule has 50 heavy (non-hydrogen) atoms. The molecule has 4 aliphatic rings. The summed E-state index contributed by atoms with van der Waals surface area (Å²) in [4.78, 5) is 45.1. The number of benzene rings is 2. The number of sulfonamides is 1. The lowest BCUT2D eigenvalue weighted by molar-refractivity contribution is -0.147. The first kappa shape index (κ1) is 40.9. The maximum Gasteiger partial charge on any atom is 0.308 e. The van der Waals surface area contributed by atoms with Gasteiger partial charge in [-0.1, -0.05) is 7.43 Å². The first-order chi connectivity index (χ1) is 23.1. The number of halogens is 1. The number of ether oxygens (including phenoxy) is 2. The van der Waals surface area contributed by atoms with Crippen LogP contribution in [0, 0.1) is 11.8 Å². The van der Waals surface area contributed by atoms with Crippen molar-refractivity contribution in [3.63, 3.8) is 0 Å². The molecular formula is C33H45ClN4O10S2. The van der Waals surface area contributed by atoms with Crippen molar-refractivity contribution in [2.45, 2.75) is 93.5 Å². The number of methoxy groups -OCH3 is 2. The molecule has 0 radical (unpaired) electrons. The van der Waals surface area contributed by atoms with Crippen LogP contribution >= 0.6 is 10.7 Å². The molecule has 2 aromatic rings. The number of rotatable bonds is 6. The number of esters is 2. The number of carbonyl (C=O) groups excluding carboxylic acids is 4. The van der Waals surface area contributed by atoms with Gasteiger partial charge in [-0.25, -0.2) is 21.6 Å². The Kier molecular flexibility index (Phi) is 14.4. The van der Waals surface area contributed by atoms with Crippen molar-refractivity contribution in [3.8, 4) is 0 Å². The second kappa shape index (κ2) is 17.6. The molecule has 0 saturated heterocycles. The van der Waals surface area contributed by atoms with E-state index in [1.807, 2.05) is 0 Å². The summed E-state index contributed by atoms with van der Waals surface area (Å²) in [5, 5.41) is 5.28. The number of hydrogen-bond acceptors (Lipinski definition) is 11. The molecule has 0 aromatic heterocycles. The fraction of sp³-hybridized carbons (Fsp3) is 0.515. The number of fused-ring (bicyclic) bond motifs is 2. The first-order valence-electron chi connectivity index (χ1n) is 15.8. The molecule has 14 nitrogen and oxygen atoms in total. The lowest BCUT2D eigenvalue weighted by Gasteiger charge is -2.27. The number of nitrogens with one attached hydrogen (secondary N) is 3. The third-order valence-corrected chi connectivity index (χ3v) is 11.8. The van der Waals surface area contributed by atoms with Crippen LogP contribution in [0.4, 0.5) is 11.4 Å². The average molecular weight is 757 g/mol. The Bertz CT molecular complexity index is 1790. The Morgan fingerprint density at radius 2 is 1.16 bits per heavy atom. The van der Waals surface area contributed by atoms with E-state index in [2.05, 4.69) is 20.1 Å². The van der Waals surface area contributed by atoms with E-state index in [1.54, 1.807) is 6.07 Å². The predicted octanol–water partition coefficient (Wildman–Crippen LogP) is 3.61.